The zero-order valence-electron chi connectivity index (χ0n) is 8.24. The number of aromatic nitrogens is 1. The van der Waals surface area contributed by atoms with Crippen LogP contribution >= 0.6 is 23.2 Å². The first-order valence-electron chi connectivity index (χ1n) is 4.63. The lowest BCUT2D eigenvalue weighted by Gasteiger charge is -2.08. The van der Waals surface area contributed by atoms with E-state index in [-0.39, 0.29) is 6.61 Å². The summed E-state index contributed by atoms with van der Waals surface area (Å²) in [6, 6.07) is 5.73. The van der Waals surface area contributed by atoms with Gasteiger partial charge in [0.25, 0.3) is 0 Å². The average molecular weight is 244 g/mol. The van der Waals surface area contributed by atoms with Crippen LogP contribution in [0.4, 0.5) is 0 Å². The Hall–Kier alpha value is -0.700. The maximum Gasteiger partial charge on any atom is 0.0817 e. The highest BCUT2D eigenvalue weighted by Gasteiger charge is 2.11. The summed E-state index contributed by atoms with van der Waals surface area (Å²) in [5.74, 6) is 0. The van der Waals surface area contributed by atoms with E-state index in [4.69, 9.17) is 28.3 Å². The van der Waals surface area contributed by atoms with Gasteiger partial charge < -0.3 is 9.67 Å². The molecular weight excluding hydrogens is 233 g/mol. The number of hydrogen-bond acceptors (Lipinski definition) is 1. The summed E-state index contributed by atoms with van der Waals surface area (Å²) >= 11 is 12.1. The zero-order chi connectivity index (χ0) is 11.0. The highest BCUT2D eigenvalue weighted by atomic mass is 35.5. The first-order chi connectivity index (χ1) is 7.13. The molecule has 0 radical (unpaired) electrons. The topological polar surface area (TPSA) is 25.2 Å². The number of aryl methyl sites for hydroxylation is 1. The molecule has 15 heavy (non-hydrogen) atoms. The van der Waals surface area contributed by atoms with Gasteiger partial charge in [0.15, 0.2) is 0 Å². The molecule has 1 N–H and O–H groups in total. The van der Waals surface area contributed by atoms with Crippen LogP contribution in [-0.4, -0.2) is 16.3 Å². The van der Waals surface area contributed by atoms with E-state index in [0.29, 0.717) is 5.02 Å². The van der Waals surface area contributed by atoms with Gasteiger partial charge >= 0.3 is 0 Å². The van der Waals surface area contributed by atoms with E-state index in [1.807, 2.05) is 29.9 Å². The molecule has 0 amide bonds. The molecule has 0 unspecified atom stereocenters. The van der Waals surface area contributed by atoms with E-state index in [2.05, 4.69) is 0 Å². The average Bonchev–Trinajstić information content (AvgIpc) is 2.59. The van der Waals surface area contributed by atoms with Gasteiger partial charge in [-0.05, 0) is 23.8 Å². The molecule has 0 aliphatic carbocycles. The molecule has 0 spiro atoms. The van der Waals surface area contributed by atoms with E-state index in [9.17, 15) is 0 Å². The van der Waals surface area contributed by atoms with Crippen LogP contribution in [0, 0.1) is 0 Å². The molecule has 2 rings (SSSR count). The molecule has 1 heterocycles. The molecule has 1 aromatic carbocycles. The molecule has 4 heteroatoms. The summed E-state index contributed by atoms with van der Waals surface area (Å²) < 4.78 is 1.96. The van der Waals surface area contributed by atoms with E-state index in [0.717, 1.165) is 16.5 Å². The van der Waals surface area contributed by atoms with Crippen LogP contribution in [0.1, 0.15) is 10.9 Å². The molecule has 1 atom stereocenters. The van der Waals surface area contributed by atoms with Crippen LogP contribution in [0.15, 0.2) is 24.4 Å². The van der Waals surface area contributed by atoms with Gasteiger partial charge in [0.05, 0.1) is 22.5 Å². The Morgan fingerprint density at radius 1 is 1.47 bits per heavy atom. The molecule has 2 aromatic rings. The number of aliphatic hydroxyl groups excluding tert-OH is 1. The summed E-state index contributed by atoms with van der Waals surface area (Å²) in [5.41, 5.74) is 1.84. The SMILES string of the molecule is Cn1ccc2cc([C@H](Cl)CO)cc(Cl)c21. The molecule has 0 aliphatic heterocycles. The van der Waals surface area contributed by atoms with Crippen molar-refractivity contribution in [3.05, 3.63) is 35.0 Å². The van der Waals surface area contributed by atoms with Gasteiger partial charge in [0.1, 0.15) is 0 Å². The van der Waals surface area contributed by atoms with Crippen LogP contribution in [-0.2, 0) is 7.05 Å². The molecule has 0 aliphatic rings. The van der Waals surface area contributed by atoms with Crippen molar-refractivity contribution in [1.82, 2.24) is 4.57 Å². The molecule has 0 bridgehead atoms. The van der Waals surface area contributed by atoms with Gasteiger partial charge in [0, 0.05) is 18.6 Å². The standard InChI is InChI=1S/C11H11Cl2NO/c1-14-3-2-7-4-8(10(13)6-15)5-9(12)11(7)14/h2-5,10,15H,6H2,1H3/t10-/m1/s1. The number of benzene rings is 1. The number of halogens is 2. The van der Waals surface area contributed by atoms with E-state index in [1.165, 1.54) is 0 Å². The van der Waals surface area contributed by atoms with Crippen molar-refractivity contribution in [2.24, 2.45) is 7.05 Å². The predicted molar refractivity (Wildman–Crippen MR) is 63.6 cm³/mol. The van der Waals surface area contributed by atoms with Gasteiger partial charge in [-0.3, -0.25) is 0 Å². The predicted octanol–water partition coefficient (Wildman–Crippen LogP) is 3.10. The summed E-state index contributed by atoms with van der Waals surface area (Å²) in [6.45, 7) is -0.0871. The van der Waals surface area contributed by atoms with E-state index < -0.39 is 5.38 Å². The Kier molecular flexibility index (Phi) is 2.91. The second-order valence-corrected chi connectivity index (χ2v) is 4.45. The Morgan fingerprint density at radius 3 is 2.87 bits per heavy atom. The van der Waals surface area contributed by atoms with Crippen molar-refractivity contribution >= 4 is 34.1 Å². The van der Waals surface area contributed by atoms with Crippen LogP contribution in [0.5, 0.6) is 0 Å². The number of hydrogen-bond donors (Lipinski definition) is 1. The summed E-state index contributed by atoms with van der Waals surface area (Å²) in [4.78, 5) is 0. The minimum absolute atomic E-state index is 0.0871. The third-order valence-corrected chi connectivity index (χ3v) is 3.15. The minimum Gasteiger partial charge on any atom is -0.394 e. The Bertz CT molecular complexity index is 493. The molecule has 80 valence electrons. The molecule has 0 saturated carbocycles. The van der Waals surface area contributed by atoms with Gasteiger partial charge in [-0.25, -0.2) is 0 Å². The molecule has 2 nitrogen and oxygen atoms in total. The Morgan fingerprint density at radius 2 is 2.20 bits per heavy atom. The van der Waals surface area contributed by atoms with Crippen molar-refractivity contribution in [3.8, 4) is 0 Å². The van der Waals surface area contributed by atoms with Crippen molar-refractivity contribution in [1.29, 1.82) is 0 Å². The minimum atomic E-state index is -0.396. The van der Waals surface area contributed by atoms with Crippen LogP contribution in [0.3, 0.4) is 0 Å². The third-order valence-electron chi connectivity index (χ3n) is 2.47. The lowest BCUT2D eigenvalue weighted by atomic mass is 10.1. The van der Waals surface area contributed by atoms with Crippen molar-refractivity contribution in [3.63, 3.8) is 0 Å². The molecule has 1 aromatic heterocycles. The fourth-order valence-electron chi connectivity index (χ4n) is 1.69. The van der Waals surface area contributed by atoms with Crippen LogP contribution in [0.2, 0.25) is 5.02 Å². The van der Waals surface area contributed by atoms with Gasteiger partial charge in [0.2, 0.25) is 0 Å². The highest BCUT2D eigenvalue weighted by molar-refractivity contribution is 6.35. The van der Waals surface area contributed by atoms with Crippen molar-refractivity contribution < 1.29 is 5.11 Å². The second kappa shape index (κ2) is 4.05. The summed E-state index contributed by atoms with van der Waals surface area (Å²) in [6.07, 6.45) is 1.95. The highest BCUT2D eigenvalue weighted by Crippen LogP contribution is 2.30. The van der Waals surface area contributed by atoms with Gasteiger partial charge in [-0.1, -0.05) is 11.6 Å². The largest absolute Gasteiger partial charge is 0.394 e. The van der Waals surface area contributed by atoms with Crippen LogP contribution in [0.25, 0.3) is 10.9 Å². The molecule has 0 saturated heterocycles. The lowest BCUT2D eigenvalue weighted by molar-refractivity contribution is 0.294. The van der Waals surface area contributed by atoms with E-state index >= 15 is 0 Å². The fourth-order valence-corrected chi connectivity index (χ4v) is 2.19. The number of alkyl halides is 1. The second-order valence-electron chi connectivity index (χ2n) is 3.52. The van der Waals surface area contributed by atoms with Crippen LogP contribution < -0.4 is 0 Å². The van der Waals surface area contributed by atoms with Gasteiger partial charge in [-0.15, -0.1) is 11.6 Å². The summed E-state index contributed by atoms with van der Waals surface area (Å²) in [5, 5.41) is 10.3. The number of rotatable bonds is 2. The lowest BCUT2D eigenvalue weighted by Crippen LogP contribution is -1.96. The Balaban J connectivity index is 2.63. The monoisotopic (exact) mass is 243 g/mol. The Labute approximate surface area is 98.0 Å². The maximum atomic E-state index is 8.98. The van der Waals surface area contributed by atoms with E-state index in [1.54, 1.807) is 6.07 Å². The first kappa shape index (κ1) is 10.8. The maximum absolute atomic E-state index is 8.98. The number of nitrogens with zero attached hydrogens (tertiary/aromatic N) is 1. The quantitative estimate of drug-likeness (QED) is 0.807. The first-order valence-corrected chi connectivity index (χ1v) is 5.44. The van der Waals surface area contributed by atoms with Gasteiger partial charge in [-0.2, -0.15) is 0 Å². The summed E-state index contributed by atoms with van der Waals surface area (Å²) in [7, 11) is 1.94. The molecule has 0 fully saturated rings. The fraction of sp³-hybridized carbons (Fsp3) is 0.273. The smallest absolute Gasteiger partial charge is 0.0817 e. The van der Waals surface area contributed by atoms with Crippen molar-refractivity contribution in [2.45, 2.75) is 5.38 Å². The number of fused-ring (bicyclic) bond motifs is 1. The normalized spacial score (nSPS) is 13.3. The third kappa shape index (κ3) is 1.85. The number of aliphatic hydroxyl groups is 1. The molecular formula is C11H11Cl2NO. The zero-order valence-corrected chi connectivity index (χ0v) is 9.76. The van der Waals surface area contributed by atoms with Crippen molar-refractivity contribution in [2.75, 3.05) is 6.61 Å².